The van der Waals surface area contributed by atoms with Gasteiger partial charge in [0.2, 0.25) is 0 Å². The van der Waals surface area contributed by atoms with Crippen LogP contribution in [0.15, 0.2) is 42.5 Å². The van der Waals surface area contributed by atoms with Gasteiger partial charge in [-0.25, -0.2) is 0 Å². The monoisotopic (exact) mass is 338 g/mol. The summed E-state index contributed by atoms with van der Waals surface area (Å²) >= 11 is 0. The lowest BCUT2D eigenvalue weighted by Gasteiger charge is -2.32. The Bertz CT molecular complexity index is 845. The zero-order chi connectivity index (χ0) is 18.0. The summed E-state index contributed by atoms with van der Waals surface area (Å²) in [7, 11) is 0. The highest BCUT2D eigenvalue weighted by Gasteiger charge is 2.49. The molecule has 0 amide bonds. The third-order valence-electron chi connectivity index (χ3n) is 4.62. The van der Waals surface area contributed by atoms with E-state index in [0.29, 0.717) is 0 Å². The molecular formula is C21H22O4. The largest absolute Gasteiger partial charge is 0.465 e. The zero-order valence-corrected chi connectivity index (χ0v) is 14.8. The molecule has 4 nitrogen and oxygen atoms in total. The molecule has 0 spiro atoms. The number of carbonyl (C=O) groups excluding carboxylic acids is 2. The number of hydrogen-bond acceptors (Lipinski definition) is 4. The average molecular weight is 338 g/mol. The molecule has 1 aliphatic carbocycles. The second-order valence-electron chi connectivity index (χ2n) is 6.24. The van der Waals surface area contributed by atoms with Gasteiger partial charge in [-0.2, -0.15) is 0 Å². The number of rotatable bonds is 4. The summed E-state index contributed by atoms with van der Waals surface area (Å²) in [5.41, 5.74) is 1.52. The Hall–Kier alpha value is -2.62. The summed E-state index contributed by atoms with van der Waals surface area (Å²) < 4.78 is 10.4. The zero-order valence-electron chi connectivity index (χ0n) is 14.8. The molecule has 25 heavy (non-hydrogen) atoms. The SMILES string of the molecule is CCOC(=O)C1(C(=O)OCC)C=C(C)c2c(ccc3ccccc23)C1. The van der Waals surface area contributed by atoms with E-state index in [1.165, 1.54) is 0 Å². The molecule has 0 unspecified atom stereocenters. The van der Waals surface area contributed by atoms with E-state index in [1.54, 1.807) is 19.9 Å². The number of fused-ring (bicyclic) bond motifs is 3. The van der Waals surface area contributed by atoms with E-state index in [1.807, 2.05) is 31.2 Å². The quantitative estimate of drug-likeness (QED) is 0.626. The number of benzene rings is 2. The molecule has 0 saturated heterocycles. The van der Waals surface area contributed by atoms with Crippen molar-refractivity contribution in [3.8, 4) is 0 Å². The van der Waals surface area contributed by atoms with Gasteiger partial charge in [0.15, 0.2) is 5.41 Å². The molecule has 2 aromatic carbocycles. The third-order valence-corrected chi connectivity index (χ3v) is 4.62. The van der Waals surface area contributed by atoms with Crippen LogP contribution in [0.1, 0.15) is 31.9 Å². The molecule has 0 fully saturated rings. The molecule has 0 bridgehead atoms. The molecular weight excluding hydrogens is 316 g/mol. The van der Waals surface area contributed by atoms with Gasteiger partial charge in [-0.3, -0.25) is 9.59 Å². The maximum absolute atomic E-state index is 12.7. The normalized spacial score (nSPS) is 15.2. The summed E-state index contributed by atoms with van der Waals surface area (Å²) in [6.45, 7) is 5.84. The maximum Gasteiger partial charge on any atom is 0.327 e. The van der Waals surface area contributed by atoms with Crippen LogP contribution < -0.4 is 0 Å². The van der Waals surface area contributed by atoms with Crippen molar-refractivity contribution >= 4 is 28.3 Å². The molecule has 0 aromatic heterocycles. The Balaban J connectivity index is 2.18. The molecule has 0 aliphatic heterocycles. The standard InChI is InChI=1S/C21H22O4/c1-4-24-19(22)21(20(23)25-5-2)12-14(3)18-16(13-21)11-10-15-8-6-7-9-17(15)18/h6-12H,4-5,13H2,1-3H3. The third kappa shape index (κ3) is 2.82. The fourth-order valence-corrected chi connectivity index (χ4v) is 3.59. The van der Waals surface area contributed by atoms with Gasteiger partial charge in [0.25, 0.3) is 0 Å². The number of carbonyl (C=O) groups is 2. The highest BCUT2D eigenvalue weighted by molar-refractivity contribution is 6.07. The van der Waals surface area contributed by atoms with Gasteiger partial charge in [0.05, 0.1) is 13.2 Å². The number of esters is 2. The molecule has 0 N–H and O–H groups in total. The molecule has 0 heterocycles. The van der Waals surface area contributed by atoms with Crippen molar-refractivity contribution in [2.45, 2.75) is 27.2 Å². The van der Waals surface area contributed by atoms with Gasteiger partial charge in [-0.05, 0) is 48.2 Å². The first kappa shape index (κ1) is 17.2. The van der Waals surface area contributed by atoms with E-state index in [9.17, 15) is 9.59 Å². The van der Waals surface area contributed by atoms with Crippen molar-refractivity contribution in [3.05, 3.63) is 53.6 Å². The van der Waals surface area contributed by atoms with Crippen molar-refractivity contribution in [3.63, 3.8) is 0 Å². The Morgan fingerprint density at radius 2 is 1.64 bits per heavy atom. The molecule has 0 radical (unpaired) electrons. The smallest absolute Gasteiger partial charge is 0.327 e. The van der Waals surface area contributed by atoms with Crippen molar-refractivity contribution < 1.29 is 19.1 Å². The van der Waals surface area contributed by atoms with Gasteiger partial charge in [-0.1, -0.05) is 42.5 Å². The average Bonchev–Trinajstić information content (AvgIpc) is 2.61. The summed E-state index contributed by atoms with van der Waals surface area (Å²) in [6.07, 6.45) is 1.97. The topological polar surface area (TPSA) is 52.6 Å². The summed E-state index contributed by atoms with van der Waals surface area (Å²) in [5, 5.41) is 2.25. The van der Waals surface area contributed by atoms with Crippen molar-refractivity contribution in [2.24, 2.45) is 5.41 Å². The van der Waals surface area contributed by atoms with Crippen LogP contribution in [0, 0.1) is 5.41 Å². The van der Waals surface area contributed by atoms with Crippen LogP contribution in [0.25, 0.3) is 16.3 Å². The Kier molecular flexibility index (Phi) is 4.62. The molecule has 2 aromatic rings. The Labute approximate surface area is 147 Å². The lowest BCUT2D eigenvalue weighted by molar-refractivity contribution is -0.168. The summed E-state index contributed by atoms with van der Waals surface area (Å²) in [5.74, 6) is -1.10. The maximum atomic E-state index is 12.7. The van der Waals surface area contributed by atoms with Gasteiger partial charge >= 0.3 is 11.9 Å². The van der Waals surface area contributed by atoms with Crippen molar-refractivity contribution in [1.82, 2.24) is 0 Å². The second kappa shape index (κ2) is 6.71. The van der Waals surface area contributed by atoms with Crippen LogP contribution >= 0.6 is 0 Å². The van der Waals surface area contributed by atoms with Gasteiger partial charge in [-0.15, -0.1) is 0 Å². The fourth-order valence-electron chi connectivity index (χ4n) is 3.59. The van der Waals surface area contributed by atoms with E-state index < -0.39 is 17.4 Å². The molecule has 4 heteroatoms. The van der Waals surface area contributed by atoms with Crippen LogP contribution in [0.3, 0.4) is 0 Å². The van der Waals surface area contributed by atoms with Gasteiger partial charge < -0.3 is 9.47 Å². The van der Waals surface area contributed by atoms with E-state index in [4.69, 9.17) is 9.47 Å². The molecule has 0 atom stereocenters. The summed E-state index contributed by atoms with van der Waals surface area (Å²) in [6, 6.07) is 12.1. The minimum Gasteiger partial charge on any atom is -0.465 e. The lowest BCUT2D eigenvalue weighted by Crippen LogP contribution is -2.44. The van der Waals surface area contributed by atoms with Crippen LogP contribution in [0.2, 0.25) is 0 Å². The van der Waals surface area contributed by atoms with Crippen LogP contribution in [0.4, 0.5) is 0 Å². The molecule has 3 rings (SSSR count). The minimum absolute atomic E-state index is 0.220. The van der Waals surface area contributed by atoms with E-state index >= 15 is 0 Å². The fraction of sp³-hybridized carbons (Fsp3) is 0.333. The van der Waals surface area contributed by atoms with Crippen molar-refractivity contribution in [2.75, 3.05) is 13.2 Å². The van der Waals surface area contributed by atoms with Crippen molar-refractivity contribution in [1.29, 1.82) is 0 Å². The van der Waals surface area contributed by atoms with Crippen LogP contribution in [-0.4, -0.2) is 25.2 Å². The highest BCUT2D eigenvalue weighted by Crippen LogP contribution is 2.41. The minimum atomic E-state index is -1.41. The van der Waals surface area contributed by atoms with E-state index in [-0.39, 0.29) is 19.6 Å². The van der Waals surface area contributed by atoms with Gasteiger partial charge in [0, 0.05) is 6.42 Å². The number of hydrogen-bond donors (Lipinski definition) is 0. The van der Waals surface area contributed by atoms with E-state index in [2.05, 4.69) is 12.1 Å². The highest BCUT2D eigenvalue weighted by atomic mass is 16.6. The first-order valence-corrected chi connectivity index (χ1v) is 8.58. The summed E-state index contributed by atoms with van der Waals surface area (Å²) in [4.78, 5) is 25.4. The predicted octanol–water partition coefficient (Wildman–Crippen LogP) is 3.91. The Morgan fingerprint density at radius 3 is 2.28 bits per heavy atom. The van der Waals surface area contributed by atoms with Crippen LogP contribution in [0.5, 0.6) is 0 Å². The number of ether oxygens (including phenoxy) is 2. The first-order chi connectivity index (χ1) is 12.0. The first-order valence-electron chi connectivity index (χ1n) is 8.58. The lowest BCUT2D eigenvalue weighted by atomic mass is 9.72. The van der Waals surface area contributed by atoms with E-state index in [0.717, 1.165) is 27.5 Å². The number of allylic oxidation sites excluding steroid dienone is 1. The molecule has 1 aliphatic rings. The van der Waals surface area contributed by atoms with Gasteiger partial charge in [0.1, 0.15) is 0 Å². The van der Waals surface area contributed by atoms with Crippen LogP contribution in [-0.2, 0) is 25.5 Å². The second-order valence-corrected chi connectivity index (χ2v) is 6.24. The Morgan fingerprint density at radius 1 is 1.00 bits per heavy atom. The predicted molar refractivity (Wildman–Crippen MR) is 97.0 cm³/mol. The molecule has 0 saturated carbocycles. The molecule has 130 valence electrons.